The van der Waals surface area contributed by atoms with E-state index >= 15 is 0 Å². The molecule has 0 fully saturated rings. The highest BCUT2D eigenvalue weighted by Crippen LogP contribution is 2.30. The molecule has 1 aromatic heterocycles. The van der Waals surface area contributed by atoms with Gasteiger partial charge in [0.2, 0.25) is 0 Å². The van der Waals surface area contributed by atoms with Crippen LogP contribution in [-0.2, 0) is 6.18 Å². The second-order valence-corrected chi connectivity index (χ2v) is 3.56. The molecule has 0 unspecified atom stereocenters. The van der Waals surface area contributed by atoms with Crippen LogP contribution >= 0.6 is 0 Å². The van der Waals surface area contributed by atoms with Gasteiger partial charge in [-0.25, -0.2) is 4.79 Å². The Kier molecular flexibility index (Phi) is 2.82. The molecule has 1 aromatic carbocycles. The second kappa shape index (κ2) is 4.17. The number of aromatic nitrogens is 2. The number of halogens is 3. The first-order chi connectivity index (χ1) is 8.38. The number of hydrogen-bond acceptors (Lipinski definition) is 2. The lowest BCUT2D eigenvalue weighted by atomic mass is 10.1. The molecular weight excluding hydrogens is 249 g/mol. The van der Waals surface area contributed by atoms with Crippen molar-refractivity contribution in [3.8, 4) is 11.1 Å². The topological polar surface area (TPSA) is 65.7 Å². The Morgan fingerprint density at radius 2 is 1.61 bits per heavy atom. The van der Waals surface area contributed by atoms with Crippen LogP contribution in [0.15, 0.2) is 40.1 Å². The van der Waals surface area contributed by atoms with Crippen LogP contribution < -0.4 is 11.2 Å². The van der Waals surface area contributed by atoms with Gasteiger partial charge in [-0.3, -0.25) is 9.78 Å². The number of alkyl halides is 3. The molecule has 0 atom stereocenters. The van der Waals surface area contributed by atoms with Crippen molar-refractivity contribution in [1.29, 1.82) is 0 Å². The van der Waals surface area contributed by atoms with Crippen molar-refractivity contribution in [2.45, 2.75) is 6.18 Å². The Morgan fingerprint density at radius 3 is 2.11 bits per heavy atom. The molecule has 0 aliphatic heterocycles. The maximum atomic E-state index is 12.3. The molecule has 94 valence electrons. The SMILES string of the molecule is O=c1[nH]cc(-c2ccc(C(F)(F)F)cc2)c(=O)[nH]1. The van der Waals surface area contributed by atoms with E-state index in [0.29, 0.717) is 5.56 Å². The largest absolute Gasteiger partial charge is 0.416 e. The summed E-state index contributed by atoms with van der Waals surface area (Å²) in [6.45, 7) is 0. The van der Waals surface area contributed by atoms with Gasteiger partial charge in [-0.15, -0.1) is 0 Å². The van der Waals surface area contributed by atoms with E-state index < -0.39 is 23.0 Å². The van der Waals surface area contributed by atoms with Crippen molar-refractivity contribution in [2.75, 3.05) is 0 Å². The van der Waals surface area contributed by atoms with Crippen LogP contribution in [0.5, 0.6) is 0 Å². The molecule has 4 nitrogen and oxygen atoms in total. The number of aromatic amines is 2. The Bertz CT molecular complexity index is 668. The minimum absolute atomic E-state index is 0.100. The molecule has 1 heterocycles. The van der Waals surface area contributed by atoms with Gasteiger partial charge in [0.25, 0.3) is 5.56 Å². The molecule has 2 aromatic rings. The lowest BCUT2D eigenvalue weighted by Crippen LogP contribution is -2.22. The lowest BCUT2D eigenvalue weighted by molar-refractivity contribution is -0.137. The third-order valence-electron chi connectivity index (χ3n) is 2.34. The fraction of sp³-hybridized carbons (Fsp3) is 0.0909. The average molecular weight is 256 g/mol. The Hall–Kier alpha value is -2.31. The maximum Gasteiger partial charge on any atom is 0.416 e. The van der Waals surface area contributed by atoms with Crippen molar-refractivity contribution in [2.24, 2.45) is 0 Å². The number of nitrogens with one attached hydrogen (secondary N) is 2. The van der Waals surface area contributed by atoms with Gasteiger partial charge in [0.1, 0.15) is 0 Å². The van der Waals surface area contributed by atoms with Crippen molar-refractivity contribution in [3.63, 3.8) is 0 Å². The van der Waals surface area contributed by atoms with Crippen LogP contribution in [0.3, 0.4) is 0 Å². The number of H-pyrrole nitrogens is 2. The smallest absolute Gasteiger partial charge is 0.313 e. The van der Waals surface area contributed by atoms with Crippen molar-refractivity contribution in [1.82, 2.24) is 9.97 Å². The minimum atomic E-state index is -4.42. The average Bonchev–Trinajstić information content (AvgIpc) is 2.28. The van der Waals surface area contributed by atoms with E-state index in [1.165, 1.54) is 12.1 Å². The molecule has 18 heavy (non-hydrogen) atoms. The van der Waals surface area contributed by atoms with Gasteiger partial charge in [0.05, 0.1) is 11.1 Å². The second-order valence-electron chi connectivity index (χ2n) is 3.56. The summed E-state index contributed by atoms with van der Waals surface area (Å²) < 4.78 is 37.0. The quantitative estimate of drug-likeness (QED) is 0.816. The normalized spacial score (nSPS) is 11.5. The first-order valence-electron chi connectivity index (χ1n) is 4.87. The standard InChI is InChI=1S/C11H7F3N2O2/c12-11(13,14)7-3-1-6(2-4-7)8-5-15-10(18)16-9(8)17/h1-5H,(H2,15,16,17,18). The van der Waals surface area contributed by atoms with Crippen molar-refractivity contribution in [3.05, 3.63) is 56.9 Å². The molecule has 0 spiro atoms. The minimum Gasteiger partial charge on any atom is -0.313 e. The molecule has 2 rings (SSSR count). The Balaban J connectivity index is 2.47. The van der Waals surface area contributed by atoms with Gasteiger partial charge in [-0.05, 0) is 17.7 Å². The first kappa shape index (κ1) is 12.2. The van der Waals surface area contributed by atoms with Gasteiger partial charge in [-0.1, -0.05) is 12.1 Å². The van der Waals surface area contributed by atoms with Crippen LogP contribution in [-0.4, -0.2) is 9.97 Å². The van der Waals surface area contributed by atoms with Crippen LogP contribution in [0.25, 0.3) is 11.1 Å². The van der Waals surface area contributed by atoms with Crippen LogP contribution in [0.1, 0.15) is 5.56 Å². The highest BCUT2D eigenvalue weighted by atomic mass is 19.4. The highest BCUT2D eigenvalue weighted by Gasteiger charge is 2.30. The molecule has 0 aliphatic rings. The maximum absolute atomic E-state index is 12.3. The zero-order chi connectivity index (χ0) is 13.3. The van der Waals surface area contributed by atoms with Crippen LogP contribution in [0.4, 0.5) is 13.2 Å². The van der Waals surface area contributed by atoms with E-state index in [4.69, 9.17) is 0 Å². The van der Waals surface area contributed by atoms with Crippen LogP contribution in [0.2, 0.25) is 0 Å². The lowest BCUT2D eigenvalue weighted by Gasteiger charge is -2.07. The van der Waals surface area contributed by atoms with Gasteiger partial charge in [0.15, 0.2) is 0 Å². The molecule has 7 heteroatoms. The summed E-state index contributed by atoms with van der Waals surface area (Å²) in [6.07, 6.45) is -3.26. The van der Waals surface area contributed by atoms with Gasteiger partial charge >= 0.3 is 11.9 Å². The summed E-state index contributed by atoms with van der Waals surface area (Å²) in [5.74, 6) is 0. The summed E-state index contributed by atoms with van der Waals surface area (Å²) in [4.78, 5) is 26.5. The molecule has 0 saturated carbocycles. The molecule has 0 aliphatic carbocycles. The van der Waals surface area contributed by atoms with Crippen molar-refractivity contribution < 1.29 is 13.2 Å². The van der Waals surface area contributed by atoms with E-state index in [0.717, 1.165) is 18.3 Å². The number of benzene rings is 1. The molecule has 0 saturated heterocycles. The third kappa shape index (κ3) is 2.34. The van der Waals surface area contributed by atoms with E-state index in [1.807, 2.05) is 4.98 Å². The van der Waals surface area contributed by atoms with E-state index in [-0.39, 0.29) is 5.56 Å². The first-order valence-corrected chi connectivity index (χ1v) is 4.87. The summed E-state index contributed by atoms with van der Waals surface area (Å²) in [5.41, 5.74) is -1.73. The molecule has 0 bridgehead atoms. The fourth-order valence-electron chi connectivity index (χ4n) is 1.46. The zero-order valence-corrected chi connectivity index (χ0v) is 8.84. The summed E-state index contributed by atoms with van der Waals surface area (Å²) in [6, 6.07) is 4.09. The molecule has 0 radical (unpaired) electrons. The van der Waals surface area contributed by atoms with E-state index in [1.54, 1.807) is 0 Å². The fourth-order valence-corrected chi connectivity index (χ4v) is 1.46. The van der Waals surface area contributed by atoms with E-state index in [9.17, 15) is 22.8 Å². The van der Waals surface area contributed by atoms with Crippen molar-refractivity contribution >= 4 is 0 Å². The Labute approximate surface area is 98.1 Å². The third-order valence-corrected chi connectivity index (χ3v) is 2.34. The predicted octanol–water partition coefficient (Wildman–Crippen LogP) is 1.75. The summed E-state index contributed by atoms with van der Waals surface area (Å²) in [7, 11) is 0. The summed E-state index contributed by atoms with van der Waals surface area (Å²) in [5, 5.41) is 0. The Morgan fingerprint density at radius 1 is 1.00 bits per heavy atom. The van der Waals surface area contributed by atoms with Gasteiger partial charge in [0, 0.05) is 6.20 Å². The van der Waals surface area contributed by atoms with E-state index in [2.05, 4.69) is 4.98 Å². The number of rotatable bonds is 1. The molecular formula is C11H7F3N2O2. The van der Waals surface area contributed by atoms with Gasteiger partial charge < -0.3 is 4.98 Å². The monoisotopic (exact) mass is 256 g/mol. The molecule has 0 amide bonds. The molecule has 2 N–H and O–H groups in total. The van der Waals surface area contributed by atoms with Gasteiger partial charge in [-0.2, -0.15) is 13.2 Å². The predicted molar refractivity (Wildman–Crippen MR) is 58.1 cm³/mol. The number of hydrogen-bond donors (Lipinski definition) is 2. The highest BCUT2D eigenvalue weighted by molar-refractivity contribution is 5.61. The van der Waals surface area contributed by atoms with Crippen LogP contribution in [0, 0.1) is 0 Å². The zero-order valence-electron chi connectivity index (χ0n) is 8.84. The summed E-state index contributed by atoms with van der Waals surface area (Å²) >= 11 is 0.